The highest BCUT2D eigenvalue weighted by Gasteiger charge is 2.25. The minimum absolute atomic E-state index is 0.193. The van der Waals surface area contributed by atoms with Crippen molar-refractivity contribution < 1.29 is 8.42 Å². The molecule has 0 saturated carbocycles. The smallest absolute Gasteiger partial charge is 0.213 e. The number of anilines is 1. The Morgan fingerprint density at radius 1 is 1.05 bits per heavy atom. The lowest BCUT2D eigenvalue weighted by molar-refractivity contribution is 0.385. The Kier molecular flexibility index (Phi) is 4.47. The molecule has 1 fully saturated rings. The fourth-order valence-electron chi connectivity index (χ4n) is 2.51. The average molecular weight is 282 g/mol. The zero-order chi connectivity index (χ0) is 13.9. The van der Waals surface area contributed by atoms with Crippen LogP contribution in [0.2, 0.25) is 0 Å². The van der Waals surface area contributed by atoms with Crippen molar-refractivity contribution in [3.05, 3.63) is 29.8 Å². The van der Waals surface area contributed by atoms with Crippen molar-refractivity contribution >= 4 is 15.7 Å². The normalized spacial score (nSPS) is 17.7. The van der Waals surface area contributed by atoms with Crippen LogP contribution in [0.5, 0.6) is 0 Å². The summed E-state index contributed by atoms with van der Waals surface area (Å²) in [4.78, 5) is 2.29. The minimum atomic E-state index is -3.04. The molecule has 0 N–H and O–H groups in total. The van der Waals surface area contributed by atoms with Gasteiger partial charge < -0.3 is 4.90 Å². The fraction of sp³-hybridized carbons (Fsp3) is 0.571. The molecule has 1 saturated heterocycles. The van der Waals surface area contributed by atoms with Crippen LogP contribution in [-0.2, 0) is 16.4 Å². The summed E-state index contributed by atoms with van der Waals surface area (Å²) in [5.74, 6) is 0.193. The highest BCUT2D eigenvalue weighted by Crippen LogP contribution is 2.22. The van der Waals surface area contributed by atoms with Crippen LogP contribution in [0.1, 0.15) is 19.4 Å². The van der Waals surface area contributed by atoms with Crippen molar-refractivity contribution in [3.63, 3.8) is 0 Å². The third kappa shape index (κ3) is 3.09. The third-order valence-electron chi connectivity index (χ3n) is 3.71. The van der Waals surface area contributed by atoms with Crippen molar-refractivity contribution in [2.45, 2.75) is 20.3 Å². The second-order valence-corrected chi connectivity index (χ2v) is 7.03. The van der Waals surface area contributed by atoms with E-state index in [0.717, 1.165) is 19.5 Å². The Morgan fingerprint density at radius 2 is 1.68 bits per heavy atom. The van der Waals surface area contributed by atoms with E-state index < -0.39 is 10.0 Å². The van der Waals surface area contributed by atoms with Gasteiger partial charge in [-0.2, -0.15) is 4.31 Å². The zero-order valence-electron chi connectivity index (χ0n) is 11.7. The van der Waals surface area contributed by atoms with Gasteiger partial charge in [-0.05, 0) is 25.0 Å². The maximum atomic E-state index is 11.8. The van der Waals surface area contributed by atoms with Crippen LogP contribution < -0.4 is 4.90 Å². The van der Waals surface area contributed by atoms with E-state index >= 15 is 0 Å². The number of nitrogens with zero attached hydrogens (tertiary/aromatic N) is 2. The summed E-state index contributed by atoms with van der Waals surface area (Å²) in [5, 5.41) is 0. The van der Waals surface area contributed by atoms with Gasteiger partial charge in [0, 0.05) is 31.9 Å². The van der Waals surface area contributed by atoms with E-state index in [1.54, 1.807) is 11.2 Å². The van der Waals surface area contributed by atoms with E-state index in [2.05, 4.69) is 30.0 Å². The Morgan fingerprint density at radius 3 is 2.26 bits per heavy atom. The summed E-state index contributed by atoms with van der Waals surface area (Å²) in [6.07, 6.45) is 1.00. The molecular weight excluding hydrogens is 260 g/mol. The Labute approximate surface area is 116 Å². The van der Waals surface area contributed by atoms with Crippen molar-refractivity contribution in [3.8, 4) is 0 Å². The summed E-state index contributed by atoms with van der Waals surface area (Å²) < 4.78 is 25.3. The van der Waals surface area contributed by atoms with Crippen molar-refractivity contribution in [1.82, 2.24) is 4.31 Å². The molecule has 1 aromatic rings. The number of hydrogen-bond acceptors (Lipinski definition) is 3. The van der Waals surface area contributed by atoms with Gasteiger partial charge in [0.05, 0.1) is 5.75 Å². The molecule has 0 bridgehead atoms. The van der Waals surface area contributed by atoms with Gasteiger partial charge in [-0.15, -0.1) is 0 Å². The summed E-state index contributed by atoms with van der Waals surface area (Å²) in [5.41, 5.74) is 2.58. The van der Waals surface area contributed by atoms with Crippen molar-refractivity contribution in [2.75, 3.05) is 36.8 Å². The summed E-state index contributed by atoms with van der Waals surface area (Å²) >= 11 is 0. The number of hydrogen-bond donors (Lipinski definition) is 0. The van der Waals surface area contributed by atoms with Crippen LogP contribution >= 0.6 is 0 Å². The molecule has 1 aromatic carbocycles. The third-order valence-corrected chi connectivity index (χ3v) is 5.59. The fourth-order valence-corrected chi connectivity index (χ4v) is 3.59. The number of para-hydroxylation sites is 1. The molecule has 1 heterocycles. The zero-order valence-corrected chi connectivity index (χ0v) is 12.5. The standard InChI is InChI=1S/C14H22N2O2S/c1-3-13-7-5-6-8-14(13)15-9-11-16(12-10-15)19(17,18)4-2/h5-8H,3-4,9-12H2,1-2H3. The molecule has 0 spiro atoms. The molecule has 106 valence electrons. The van der Waals surface area contributed by atoms with Crippen LogP contribution in [0.15, 0.2) is 24.3 Å². The summed E-state index contributed by atoms with van der Waals surface area (Å²) in [6, 6.07) is 8.37. The van der Waals surface area contributed by atoms with E-state index in [1.165, 1.54) is 11.3 Å². The van der Waals surface area contributed by atoms with Gasteiger partial charge in [0.25, 0.3) is 0 Å². The number of sulfonamides is 1. The number of piperazine rings is 1. The second kappa shape index (κ2) is 5.92. The maximum Gasteiger partial charge on any atom is 0.213 e. The van der Waals surface area contributed by atoms with Crippen LogP contribution in [0, 0.1) is 0 Å². The molecule has 0 aliphatic carbocycles. The molecule has 5 heteroatoms. The molecule has 19 heavy (non-hydrogen) atoms. The number of benzene rings is 1. The summed E-state index contributed by atoms with van der Waals surface area (Å²) in [7, 11) is -3.04. The molecule has 0 aromatic heterocycles. The van der Waals surface area contributed by atoms with Gasteiger partial charge in [-0.3, -0.25) is 0 Å². The Balaban J connectivity index is 2.08. The largest absolute Gasteiger partial charge is 0.369 e. The molecule has 4 nitrogen and oxygen atoms in total. The van der Waals surface area contributed by atoms with Crippen molar-refractivity contribution in [1.29, 1.82) is 0 Å². The van der Waals surface area contributed by atoms with E-state index in [-0.39, 0.29) is 5.75 Å². The van der Waals surface area contributed by atoms with Crippen LogP contribution in [0.3, 0.4) is 0 Å². The van der Waals surface area contributed by atoms with Gasteiger partial charge in [0.15, 0.2) is 0 Å². The molecule has 0 unspecified atom stereocenters. The highest BCUT2D eigenvalue weighted by atomic mass is 32.2. The molecule has 1 aliphatic heterocycles. The first-order valence-corrected chi connectivity index (χ1v) is 8.50. The van der Waals surface area contributed by atoms with E-state index in [9.17, 15) is 8.42 Å². The first kappa shape index (κ1) is 14.3. The topological polar surface area (TPSA) is 40.6 Å². The molecular formula is C14H22N2O2S. The van der Waals surface area contributed by atoms with Crippen LogP contribution in [-0.4, -0.2) is 44.7 Å². The minimum Gasteiger partial charge on any atom is -0.369 e. The quantitative estimate of drug-likeness (QED) is 0.844. The Bertz CT molecular complexity index is 520. The first-order valence-electron chi connectivity index (χ1n) is 6.89. The van der Waals surface area contributed by atoms with Crippen LogP contribution in [0.4, 0.5) is 5.69 Å². The first-order chi connectivity index (χ1) is 9.08. The van der Waals surface area contributed by atoms with Crippen LogP contribution in [0.25, 0.3) is 0 Å². The van der Waals surface area contributed by atoms with Gasteiger partial charge >= 0.3 is 0 Å². The van der Waals surface area contributed by atoms with E-state index in [0.29, 0.717) is 13.1 Å². The molecule has 0 radical (unpaired) electrons. The lowest BCUT2D eigenvalue weighted by Crippen LogP contribution is -2.49. The molecule has 1 aliphatic rings. The summed E-state index contributed by atoms with van der Waals surface area (Å²) in [6.45, 7) is 6.58. The van der Waals surface area contributed by atoms with Crippen molar-refractivity contribution in [2.24, 2.45) is 0 Å². The number of aryl methyl sites for hydroxylation is 1. The van der Waals surface area contributed by atoms with Gasteiger partial charge in [0.2, 0.25) is 10.0 Å². The predicted molar refractivity (Wildman–Crippen MR) is 79.1 cm³/mol. The van der Waals surface area contributed by atoms with Gasteiger partial charge in [-0.25, -0.2) is 8.42 Å². The predicted octanol–water partition coefficient (Wildman–Crippen LogP) is 1.72. The van der Waals surface area contributed by atoms with Gasteiger partial charge in [0.1, 0.15) is 0 Å². The number of rotatable bonds is 4. The van der Waals surface area contributed by atoms with Gasteiger partial charge in [-0.1, -0.05) is 25.1 Å². The molecule has 0 amide bonds. The maximum absolute atomic E-state index is 11.8. The monoisotopic (exact) mass is 282 g/mol. The molecule has 2 rings (SSSR count). The van der Waals surface area contributed by atoms with E-state index in [1.807, 2.05) is 6.07 Å². The Hall–Kier alpha value is -1.07. The molecule has 0 atom stereocenters. The SMILES string of the molecule is CCc1ccccc1N1CCN(S(=O)(=O)CC)CC1. The second-order valence-electron chi connectivity index (χ2n) is 4.77. The average Bonchev–Trinajstić information content (AvgIpc) is 2.47. The van der Waals surface area contributed by atoms with E-state index in [4.69, 9.17) is 0 Å². The highest BCUT2D eigenvalue weighted by molar-refractivity contribution is 7.89. The lowest BCUT2D eigenvalue weighted by atomic mass is 10.1. The lowest BCUT2D eigenvalue weighted by Gasteiger charge is -2.36.